The zero-order chi connectivity index (χ0) is 54.2. The van der Waals surface area contributed by atoms with Gasteiger partial charge in [-0.25, -0.2) is 0 Å². The van der Waals surface area contributed by atoms with Crippen molar-refractivity contribution in [3.8, 4) is 0 Å². The van der Waals surface area contributed by atoms with Crippen molar-refractivity contribution in [2.75, 3.05) is 119 Å². The standard InChI is InChI=1S/5C9H15N5O/c5*10-7-6-8(12-9(11)14(7)15)13-4-2-1-3-5-13/h5*6,11,15H,1-5,10H2. The fourth-order valence-corrected chi connectivity index (χ4v) is 8.94. The van der Waals surface area contributed by atoms with Gasteiger partial charge in [0.25, 0.3) is 28.1 Å². The van der Waals surface area contributed by atoms with Crippen LogP contribution in [0.1, 0.15) is 96.3 Å². The number of nitrogens with zero attached hydrogens (tertiary/aromatic N) is 15. The zero-order valence-corrected chi connectivity index (χ0v) is 42.4. The monoisotopic (exact) mass is 1050 g/mol. The first-order valence-corrected chi connectivity index (χ1v) is 25.3. The molecule has 0 aromatic carbocycles. The third-order valence-corrected chi connectivity index (χ3v) is 13.1. The Bertz CT molecular complexity index is 2500. The van der Waals surface area contributed by atoms with E-state index in [2.05, 4.69) is 49.4 Å². The summed E-state index contributed by atoms with van der Waals surface area (Å²) in [6, 6.07) is 8.00. The molecule has 5 aromatic rings. The zero-order valence-electron chi connectivity index (χ0n) is 42.4. The van der Waals surface area contributed by atoms with E-state index < -0.39 is 0 Å². The molecule has 10 heterocycles. The number of aromatic nitrogens is 10. The summed E-state index contributed by atoms with van der Waals surface area (Å²) in [6.45, 7) is 9.46. The maximum absolute atomic E-state index is 9.25. The van der Waals surface area contributed by atoms with Crippen molar-refractivity contribution in [3.05, 3.63) is 58.4 Å². The molecule has 0 unspecified atom stereocenters. The Balaban J connectivity index is 0.000000152. The Morgan fingerprint density at radius 1 is 0.267 bits per heavy atom. The van der Waals surface area contributed by atoms with Gasteiger partial charge in [-0.3, -0.25) is 27.0 Å². The van der Waals surface area contributed by atoms with Crippen LogP contribution in [0.3, 0.4) is 0 Å². The van der Waals surface area contributed by atoms with Crippen LogP contribution < -0.4 is 81.3 Å². The number of nitrogens with two attached hydrogens (primary N) is 5. The Hall–Kier alpha value is -8.60. The normalized spacial score (nSPS) is 16.7. The van der Waals surface area contributed by atoms with E-state index in [0.29, 0.717) is 52.7 Å². The van der Waals surface area contributed by atoms with Gasteiger partial charge >= 0.3 is 0 Å². The summed E-state index contributed by atoms with van der Waals surface area (Å²) in [5.74, 6) is 4.16. The Labute approximate surface area is 432 Å². The Kier molecular flexibility index (Phi) is 19.6. The van der Waals surface area contributed by atoms with Gasteiger partial charge in [-0.05, 0) is 96.3 Å². The van der Waals surface area contributed by atoms with Crippen LogP contribution in [-0.2, 0) is 0 Å². The summed E-state index contributed by atoms with van der Waals surface area (Å²) in [5, 5.41) is 83.3. The third-order valence-electron chi connectivity index (χ3n) is 13.1. The van der Waals surface area contributed by atoms with Crippen LogP contribution in [0, 0.1) is 27.0 Å². The van der Waals surface area contributed by atoms with E-state index in [1.54, 1.807) is 30.3 Å². The van der Waals surface area contributed by atoms with Crippen LogP contribution in [-0.4, -0.2) is 140 Å². The fraction of sp³-hybridized carbons (Fsp3) is 0.556. The smallest absolute Gasteiger partial charge is 0.259 e. The van der Waals surface area contributed by atoms with Gasteiger partial charge in [0.2, 0.25) is 0 Å². The predicted molar refractivity (Wildman–Crippen MR) is 279 cm³/mol. The van der Waals surface area contributed by atoms with E-state index >= 15 is 0 Å². The summed E-state index contributed by atoms with van der Waals surface area (Å²) >= 11 is 0. The molecule has 410 valence electrons. The second-order valence-corrected chi connectivity index (χ2v) is 18.6. The fourth-order valence-electron chi connectivity index (χ4n) is 8.94. The molecule has 5 aromatic heterocycles. The third kappa shape index (κ3) is 15.2. The molecule has 5 saturated heterocycles. The molecule has 30 heteroatoms. The van der Waals surface area contributed by atoms with Crippen LogP contribution in [0.5, 0.6) is 0 Å². The van der Waals surface area contributed by atoms with Gasteiger partial charge < -0.3 is 79.2 Å². The molecule has 0 atom stereocenters. The molecule has 75 heavy (non-hydrogen) atoms. The molecule has 30 nitrogen and oxygen atoms in total. The lowest BCUT2D eigenvalue weighted by Crippen LogP contribution is -2.33. The van der Waals surface area contributed by atoms with Gasteiger partial charge in [0.05, 0.1) is 0 Å². The molecular formula is C45H75N25O5. The maximum Gasteiger partial charge on any atom is 0.259 e. The van der Waals surface area contributed by atoms with Crippen molar-refractivity contribution in [1.29, 1.82) is 27.0 Å². The molecule has 0 radical (unpaired) electrons. The maximum atomic E-state index is 9.25. The Morgan fingerprint density at radius 2 is 0.400 bits per heavy atom. The lowest BCUT2D eigenvalue weighted by Gasteiger charge is -2.27. The highest BCUT2D eigenvalue weighted by atomic mass is 16.5. The minimum Gasteiger partial charge on any atom is -0.423 e. The number of hydrogen-bond acceptors (Lipinski definition) is 25. The van der Waals surface area contributed by atoms with Crippen molar-refractivity contribution in [2.45, 2.75) is 96.3 Å². The molecular weight excluding hydrogens is 971 g/mol. The largest absolute Gasteiger partial charge is 0.423 e. The minimum atomic E-state index is -0.226. The molecule has 20 N–H and O–H groups in total. The van der Waals surface area contributed by atoms with Gasteiger partial charge in [0.1, 0.15) is 58.2 Å². The number of anilines is 10. The van der Waals surface area contributed by atoms with Crippen LogP contribution in [0.4, 0.5) is 58.2 Å². The highest BCUT2D eigenvalue weighted by Gasteiger charge is 2.18. The van der Waals surface area contributed by atoms with E-state index in [4.69, 9.17) is 55.7 Å². The molecule has 10 rings (SSSR count). The SMILES string of the molecule is N=c1nc(N2CCCCC2)cc(N)n1O.N=c1nc(N2CCCCC2)cc(N)n1O.N=c1nc(N2CCCCC2)cc(N)n1O.N=c1nc(N2CCCCC2)cc(N)n1O.N=c1nc(N2CCCCC2)cc(N)n1O. The molecule has 0 bridgehead atoms. The van der Waals surface area contributed by atoms with Crippen LogP contribution in [0.15, 0.2) is 30.3 Å². The topological polar surface area (TPSA) is 456 Å². The lowest BCUT2D eigenvalue weighted by atomic mass is 10.1. The van der Waals surface area contributed by atoms with Crippen LogP contribution in [0.2, 0.25) is 0 Å². The van der Waals surface area contributed by atoms with E-state index in [0.717, 1.165) is 130 Å². The van der Waals surface area contributed by atoms with Gasteiger partial charge in [-0.2, -0.15) is 24.9 Å². The number of rotatable bonds is 5. The summed E-state index contributed by atoms with van der Waals surface area (Å²) in [6.07, 6.45) is 17.6. The van der Waals surface area contributed by atoms with Crippen LogP contribution in [0.25, 0.3) is 0 Å². The van der Waals surface area contributed by atoms with E-state index in [9.17, 15) is 26.0 Å². The second kappa shape index (κ2) is 26.4. The Morgan fingerprint density at radius 3 is 0.520 bits per heavy atom. The molecule has 5 aliphatic heterocycles. The summed E-state index contributed by atoms with van der Waals surface area (Å²) in [7, 11) is 0. The average Bonchev–Trinajstić information content (AvgIpc) is 3.43. The first kappa shape index (κ1) is 55.7. The van der Waals surface area contributed by atoms with Gasteiger partial charge in [0.15, 0.2) is 0 Å². The average molecular weight is 1050 g/mol. The van der Waals surface area contributed by atoms with E-state index in [-0.39, 0.29) is 57.2 Å². The summed E-state index contributed by atoms with van der Waals surface area (Å²) < 4.78 is 2.88. The number of nitrogens with one attached hydrogen (secondary N) is 5. The van der Waals surface area contributed by atoms with Crippen molar-refractivity contribution >= 4 is 58.2 Å². The van der Waals surface area contributed by atoms with Gasteiger partial charge in [0, 0.05) is 95.8 Å². The highest BCUT2D eigenvalue weighted by molar-refractivity contribution is 5.49. The number of piperidine rings is 5. The second-order valence-electron chi connectivity index (χ2n) is 18.6. The first-order valence-electron chi connectivity index (χ1n) is 25.3. The lowest BCUT2D eigenvalue weighted by molar-refractivity contribution is 0.171. The molecule has 5 aliphatic rings. The molecule has 0 spiro atoms. The van der Waals surface area contributed by atoms with Gasteiger partial charge in [-0.15, -0.1) is 23.7 Å². The predicted octanol–water partition coefficient (Wildman–Crippen LogP) is 0.862. The molecule has 0 aliphatic carbocycles. The minimum absolute atomic E-state index is 0.149. The van der Waals surface area contributed by atoms with Crippen molar-refractivity contribution in [3.63, 3.8) is 0 Å². The van der Waals surface area contributed by atoms with Crippen molar-refractivity contribution in [2.24, 2.45) is 0 Å². The number of hydrogen-bond donors (Lipinski definition) is 15. The molecule has 5 fully saturated rings. The summed E-state index contributed by atoms with van der Waals surface area (Å²) in [4.78, 5) is 30.4. The molecule has 0 saturated carbocycles. The summed E-state index contributed by atoms with van der Waals surface area (Å²) in [5.41, 5.74) is 26.6. The van der Waals surface area contributed by atoms with Crippen LogP contribution >= 0.6 is 0 Å². The highest BCUT2D eigenvalue weighted by Crippen LogP contribution is 2.22. The molecule has 0 amide bonds. The van der Waals surface area contributed by atoms with Crippen molar-refractivity contribution in [1.82, 2.24) is 48.6 Å². The van der Waals surface area contributed by atoms with Gasteiger partial charge in [-0.1, -0.05) is 0 Å². The first-order chi connectivity index (χ1) is 35.9. The van der Waals surface area contributed by atoms with Crippen molar-refractivity contribution < 1.29 is 26.0 Å². The number of nitrogen functional groups attached to an aromatic ring is 5. The van der Waals surface area contributed by atoms with E-state index in [1.165, 1.54) is 32.1 Å². The van der Waals surface area contributed by atoms with E-state index in [1.807, 2.05) is 0 Å². The quantitative estimate of drug-likeness (QED) is 0.109.